The summed E-state index contributed by atoms with van der Waals surface area (Å²) in [5, 5.41) is 0. The molecule has 17 heavy (non-hydrogen) atoms. The molecule has 1 aliphatic rings. The number of rotatable bonds is 0. The van der Waals surface area contributed by atoms with Crippen LogP contribution in [0.1, 0.15) is 51.3 Å². The summed E-state index contributed by atoms with van der Waals surface area (Å²) in [6.45, 7) is 16.5. The minimum Gasteiger partial charge on any atom is -0.119 e. The Morgan fingerprint density at radius 1 is 1.00 bits per heavy atom. The van der Waals surface area contributed by atoms with E-state index in [9.17, 15) is 0 Å². The number of aryl methyl sites for hydroxylation is 2. The molecular formula is C16H24S. The molecule has 0 fully saturated rings. The van der Waals surface area contributed by atoms with Crippen molar-refractivity contribution < 1.29 is 0 Å². The van der Waals surface area contributed by atoms with E-state index in [4.69, 9.17) is 0 Å². The standard InChI is InChI=1S/C16H24S/c1-10-8-9-11(2)14-13(10)15(4,5)12(3)16(6,7)17-14/h8-9,12H,1-7H3. The normalized spacial score (nSPS) is 25.5. The molecule has 0 aliphatic carbocycles. The first-order valence-electron chi connectivity index (χ1n) is 6.47. The lowest BCUT2D eigenvalue weighted by Crippen LogP contribution is -2.44. The third-order valence-corrected chi connectivity index (χ3v) is 6.31. The van der Waals surface area contributed by atoms with E-state index in [-0.39, 0.29) is 5.41 Å². The third kappa shape index (κ3) is 1.83. The summed E-state index contributed by atoms with van der Waals surface area (Å²) < 4.78 is 0.315. The molecular weight excluding hydrogens is 224 g/mol. The van der Waals surface area contributed by atoms with Gasteiger partial charge in [-0.2, -0.15) is 0 Å². The van der Waals surface area contributed by atoms with Gasteiger partial charge in [-0.1, -0.05) is 46.8 Å². The zero-order valence-corrected chi connectivity index (χ0v) is 13.0. The van der Waals surface area contributed by atoms with Gasteiger partial charge in [-0.05, 0) is 41.9 Å². The Kier molecular flexibility index (Phi) is 2.89. The smallest absolute Gasteiger partial charge is 0.0184 e. The van der Waals surface area contributed by atoms with Crippen LogP contribution in [0, 0.1) is 19.8 Å². The van der Waals surface area contributed by atoms with Crippen LogP contribution in [0.5, 0.6) is 0 Å². The lowest BCUT2D eigenvalue weighted by molar-refractivity contribution is 0.275. The third-order valence-electron chi connectivity index (χ3n) is 4.70. The molecule has 0 spiro atoms. The molecule has 94 valence electrons. The van der Waals surface area contributed by atoms with Gasteiger partial charge in [0.15, 0.2) is 0 Å². The average molecular weight is 248 g/mol. The zero-order valence-electron chi connectivity index (χ0n) is 12.1. The highest BCUT2D eigenvalue weighted by Gasteiger charge is 2.45. The van der Waals surface area contributed by atoms with E-state index >= 15 is 0 Å². The molecule has 1 atom stereocenters. The highest BCUT2D eigenvalue weighted by Crippen LogP contribution is 2.56. The summed E-state index contributed by atoms with van der Waals surface area (Å²) in [6.07, 6.45) is 0. The van der Waals surface area contributed by atoms with E-state index in [1.165, 1.54) is 16.0 Å². The zero-order chi connectivity index (χ0) is 13.0. The molecule has 1 heteroatoms. The van der Waals surface area contributed by atoms with Crippen molar-refractivity contribution in [3.63, 3.8) is 0 Å². The van der Waals surface area contributed by atoms with Gasteiger partial charge >= 0.3 is 0 Å². The summed E-state index contributed by atoms with van der Waals surface area (Å²) in [7, 11) is 0. The molecule has 0 bridgehead atoms. The van der Waals surface area contributed by atoms with Gasteiger partial charge in [-0.15, -0.1) is 11.8 Å². The maximum absolute atomic E-state index is 2.41. The minimum atomic E-state index is 0.264. The quantitative estimate of drug-likeness (QED) is 0.615. The molecule has 1 aliphatic heterocycles. The van der Waals surface area contributed by atoms with Gasteiger partial charge in [0, 0.05) is 9.64 Å². The lowest BCUT2D eigenvalue weighted by Gasteiger charge is -2.49. The van der Waals surface area contributed by atoms with Crippen LogP contribution in [-0.4, -0.2) is 4.75 Å². The Balaban J connectivity index is 2.74. The maximum Gasteiger partial charge on any atom is 0.0184 e. The Labute approximate surface area is 110 Å². The van der Waals surface area contributed by atoms with E-state index < -0.39 is 0 Å². The van der Waals surface area contributed by atoms with Crippen LogP contribution in [0.25, 0.3) is 0 Å². The van der Waals surface area contributed by atoms with Gasteiger partial charge in [-0.25, -0.2) is 0 Å². The fraction of sp³-hybridized carbons (Fsp3) is 0.625. The van der Waals surface area contributed by atoms with Gasteiger partial charge in [0.05, 0.1) is 0 Å². The van der Waals surface area contributed by atoms with Gasteiger partial charge < -0.3 is 0 Å². The van der Waals surface area contributed by atoms with Crippen LogP contribution in [0.4, 0.5) is 0 Å². The number of thioether (sulfide) groups is 1. The summed E-state index contributed by atoms with van der Waals surface area (Å²) in [4.78, 5) is 1.53. The molecule has 0 aromatic heterocycles. The van der Waals surface area contributed by atoms with E-state index in [1.807, 2.05) is 0 Å². The number of benzene rings is 1. The van der Waals surface area contributed by atoms with E-state index in [2.05, 4.69) is 72.4 Å². The SMILES string of the molecule is Cc1ccc(C)c2c1SC(C)(C)C(C)C2(C)C. The summed E-state index contributed by atoms with van der Waals surface area (Å²) in [5.41, 5.74) is 4.73. The minimum absolute atomic E-state index is 0.264. The Morgan fingerprint density at radius 3 is 2.12 bits per heavy atom. The number of hydrogen-bond donors (Lipinski definition) is 0. The van der Waals surface area contributed by atoms with Crippen molar-refractivity contribution in [1.82, 2.24) is 0 Å². The fourth-order valence-corrected chi connectivity index (χ4v) is 4.91. The second kappa shape index (κ2) is 3.78. The maximum atomic E-state index is 2.41. The van der Waals surface area contributed by atoms with Crippen LogP contribution >= 0.6 is 11.8 Å². The largest absolute Gasteiger partial charge is 0.119 e. The van der Waals surface area contributed by atoms with Gasteiger partial charge in [0.2, 0.25) is 0 Å². The molecule has 1 unspecified atom stereocenters. The molecule has 1 aromatic rings. The highest BCUT2D eigenvalue weighted by atomic mass is 32.2. The average Bonchev–Trinajstić information content (AvgIpc) is 2.20. The summed E-state index contributed by atoms with van der Waals surface area (Å²) >= 11 is 2.07. The van der Waals surface area contributed by atoms with Gasteiger partial charge in [0.25, 0.3) is 0 Å². The van der Waals surface area contributed by atoms with Crippen LogP contribution in [0.2, 0.25) is 0 Å². The summed E-state index contributed by atoms with van der Waals surface area (Å²) in [5.74, 6) is 0.674. The molecule has 1 heterocycles. The number of fused-ring (bicyclic) bond motifs is 1. The molecule has 2 rings (SSSR count). The van der Waals surface area contributed by atoms with Crippen molar-refractivity contribution in [2.75, 3.05) is 0 Å². The Morgan fingerprint density at radius 2 is 1.53 bits per heavy atom. The molecule has 1 aromatic carbocycles. The van der Waals surface area contributed by atoms with Crippen LogP contribution in [-0.2, 0) is 5.41 Å². The first-order chi connectivity index (χ1) is 7.68. The predicted octanol–water partition coefficient (Wildman–Crippen LogP) is 5.10. The van der Waals surface area contributed by atoms with Crippen LogP contribution in [0.15, 0.2) is 17.0 Å². The highest BCUT2D eigenvalue weighted by molar-refractivity contribution is 8.00. The van der Waals surface area contributed by atoms with Crippen molar-refractivity contribution in [2.45, 2.75) is 63.5 Å². The summed E-state index contributed by atoms with van der Waals surface area (Å²) in [6, 6.07) is 4.55. The first-order valence-corrected chi connectivity index (χ1v) is 7.29. The van der Waals surface area contributed by atoms with Crippen molar-refractivity contribution in [3.05, 3.63) is 28.8 Å². The monoisotopic (exact) mass is 248 g/mol. The fourth-order valence-electron chi connectivity index (χ4n) is 3.15. The van der Waals surface area contributed by atoms with Crippen molar-refractivity contribution in [1.29, 1.82) is 0 Å². The Bertz CT molecular complexity index is 455. The topological polar surface area (TPSA) is 0 Å². The molecule has 0 radical (unpaired) electrons. The first kappa shape index (κ1) is 13.0. The van der Waals surface area contributed by atoms with Crippen molar-refractivity contribution in [2.24, 2.45) is 5.92 Å². The van der Waals surface area contributed by atoms with Gasteiger partial charge in [0.1, 0.15) is 0 Å². The second-order valence-corrected chi connectivity index (χ2v) is 8.22. The molecule has 0 nitrogen and oxygen atoms in total. The second-order valence-electron chi connectivity index (χ2n) is 6.55. The van der Waals surface area contributed by atoms with E-state index in [0.717, 1.165) is 0 Å². The van der Waals surface area contributed by atoms with E-state index in [1.54, 1.807) is 5.56 Å². The van der Waals surface area contributed by atoms with Crippen molar-refractivity contribution in [3.8, 4) is 0 Å². The lowest BCUT2D eigenvalue weighted by atomic mass is 9.67. The van der Waals surface area contributed by atoms with Crippen molar-refractivity contribution >= 4 is 11.8 Å². The number of hydrogen-bond acceptors (Lipinski definition) is 1. The molecule has 0 N–H and O–H groups in total. The van der Waals surface area contributed by atoms with E-state index in [0.29, 0.717) is 10.7 Å². The van der Waals surface area contributed by atoms with Gasteiger partial charge in [-0.3, -0.25) is 0 Å². The predicted molar refractivity (Wildman–Crippen MR) is 78.0 cm³/mol. The van der Waals surface area contributed by atoms with Crippen LogP contribution < -0.4 is 0 Å². The molecule has 0 amide bonds. The van der Waals surface area contributed by atoms with Crippen LogP contribution in [0.3, 0.4) is 0 Å². The molecule has 0 saturated carbocycles. The Hall–Kier alpha value is -0.430. The molecule has 0 saturated heterocycles.